The number of hydrogen-bond acceptors (Lipinski definition) is 4. The molecular formula is C23H26N2O2S. The van der Waals surface area contributed by atoms with E-state index in [2.05, 4.69) is 41.5 Å². The second-order valence-corrected chi connectivity index (χ2v) is 8.00. The fraction of sp³-hybridized carbons (Fsp3) is 0.304. The molecule has 3 rings (SSSR count). The summed E-state index contributed by atoms with van der Waals surface area (Å²) in [5.41, 5.74) is 4.27. The van der Waals surface area contributed by atoms with E-state index < -0.39 is 0 Å². The highest BCUT2D eigenvalue weighted by molar-refractivity contribution is 7.13. The molecule has 4 nitrogen and oxygen atoms in total. The summed E-state index contributed by atoms with van der Waals surface area (Å²) in [6, 6.07) is 16.2. The van der Waals surface area contributed by atoms with Gasteiger partial charge >= 0.3 is 0 Å². The van der Waals surface area contributed by atoms with Crippen molar-refractivity contribution in [3.05, 3.63) is 80.8 Å². The molecule has 0 aliphatic carbocycles. The molecule has 1 aromatic heterocycles. The summed E-state index contributed by atoms with van der Waals surface area (Å²) in [6.45, 7) is 8.38. The minimum absolute atomic E-state index is 0.0631. The van der Waals surface area contributed by atoms with Crippen LogP contribution in [0.2, 0.25) is 0 Å². The summed E-state index contributed by atoms with van der Waals surface area (Å²) in [6.07, 6.45) is 1.01. The predicted molar refractivity (Wildman–Crippen MR) is 114 cm³/mol. The molecule has 2 aromatic carbocycles. The lowest BCUT2D eigenvalue weighted by Crippen LogP contribution is -2.26. The zero-order valence-corrected chi connectivity index (χ0v) is 17.6. The zero-order chi connectivity index (χ0) is 20.1. The number of hydrogen-bond donors (Lipinski definition) is 1. The fourth-order valence-electron chi connectivity index (χ4n) is 2.96. The third-order valence-corrected chi connectivity index (χ3v) is 5.76. The largest absolute Gasteiger partial charge is 0.486 e. The maximum atomic E-state index is 12.7. The van der Waals surface area contributed by atoms with Gasteiger partial charge in [0.2, 0.25) is 0 Å². The Hall–Kier alpha value is -2.66. The molecule has 0 saturated heterocycles. The lowest BCUT2D eigenvalue weighted by Gasteiger charge is -2.14. The van der Waals surface area contributed by atoms with Crippen molar-refractivity contribution in [1.82, 2.24) is 10.3 Å². The van der Waals surface area contributed by atoms with Gasteiger partial charge in [0.15, 0.2) is 0 Å². The van der Waals surface area contributed by atoms with Gasteiger partial charge in [0, 0.05) is 0 Å². The highest BCUT2D eigenvalue weighted by Gasteiger charge is 2.18. The molecule has 1 N–H and O–H groups in total. The van der Waals surface area contributed by atoms with Gasteiger partial charge in [0.1, 0.15) is 22.2 Å². The number of ether oxygens (including phenoxy) is 1. The molecule has 0 bridgehead atoms. The summed E-state index contributed by atoms with van der Waals surface area (Å²) in [4.78, 5) is 17.9. The number of carbonyl (C=O) groups excluding carboxylic acids is 1. The van der Waals surface area contributed by atoms with Gasteiger partial charge in [0.25, 0.3) is 5.91 Å². The van der Waals surface area contributed by atoms with Crippen LogP contribution in [0.3, 0.4) is 0 Å². The lowest BCUT2D eigenvalue weighted by molar-refractivity contribution is 0.0943. The van der Waals surface area contributed by atoms with Crippen molar-refractivity contribution in [2.75, 3.05) is 0 Å². The third-order valence-electron chi connectivity index (χ3n) is 4.63. The standard InChI is InChI=1S/C23H26N2O2S/c1-5-18-9-11-19(12-10-18)16(3)25-23(26)22-17(4)24-21(28-22)14-27-20-8-6-7-15(2)13-20/h6-13,16H,5,14H2,1-4H3,(H,25,26)/t16-/m1/s1. The minimum atomic E-state index is -0.0936. The van der Waals surface area contributed by atoms with E-state index >= 15 is 0 Å². The molecule has 1 heterocycles. The van der Waals surface area contributed by atoms with E-state index in [9.17, 15) is 4.79 Å². The molecule has 1 atom stereocenters. The molecule has 0 aliphatic rings. The molecular weight excluding hydrogens is 368 g/mol. The van der Waals surface area contributed by atoms with Crippen molar-refractivity contribution in [2.45, 2.75) is 46.8 Å². The first-order valence-electron chi connectivity index (χ1n) is 9.51. The molecule has 1 amide bonds. The van der Waals surface area contributed by atoms with Crippen LogP contribution in [0.25, 0.3) is 0 Å². The van der Waals surface area contributed by atoms with Crippen molar-refractivity contribution >= 4 is 17.2 Å². The third kappa shape index (κ3) is 4.98. The Kier molecular flexibility index (Phi) is 6.47. The van der Waals surface area contributed by atoms with Crippen molar-refractivity contribution < 1.29 is 9.53 Å². The van der Waals surface area contributed by atoms with Gasteiger partial charge in [-0.05, 0) is 56.0 Å². The van der Waals surface area contributed by atoms with Crippen LogP contribution in [-0.2, 0) is 13.0 Å². The van der Waals surface area contributed by atoms with Crippen LogP contribution in [0, 0.1) is 13.8 Å². The van der Waals surface area contributed by atoms with Crippen LogP contribution in [-0.4, -0.2) is 10.9 Å². The van der Waals surface area contributed by atoms with Gasteiger partial charge in [-0.25, -0.2) is 4.98 Å². The smallest absolute Gasteiger partial charge is 0.263 e. The molecule has 28 heavy (non-hydrogen) atoms. The van der Waals surface area contributed by atoms with Crippen LogP contribution in [0.4, 0.5) is 0 Å². The van der Waals surface area contributed by atoms with Gasteiger partial charge in [-0.15, -0.1) is 11.3 Å². The van der Waals surface area contributed by atoms with E-state index in [1.807, 2.05) is 45.0 Å². The van der Waals surface area contributed by atoms with Crippen molar-refractivity contribution in [3.63, 3.8) is 0 Å². The SMILES string of the molecule is CCc1ccc([C@@H](C)NC(=O)c2sc(COc3cccc(C)c3)nc2C)cc1. The summed E-state index contributed by atoms with van der Waals surface area (Å²) < 4.78 is 5.81. The number of aryl methyl sites for hydroxylation is 3. The maximum absolute atomic E-state index is 12.7. The number of benzene rings is 2. The number of aromatic nitrogens is 1. The fourth-order valence-corrected chi connectivity index (χ4v) is 3.84. The quantitative estimate of drug-likeness (QED) is 0.584. The first-order valence-corrected chi connectivity index (χ1v) is 10.3. The predicted octanol–water partition coefficient (Wildman–Crippen LogP) is 5.39. The van der Waals surface area contributed by atoms with Gasteiger partial charge in [-0.1, -0.05) is 43.3 Å². The summed E-state index contributed by atoms with van der Waals surface area (Å²) in [5, 5.41) is 3.87. The molecule has 0 radical (unpaired) electrons. The zero-order valence-electron chi connectivity index (χ0n) is 16.8. The van der Waals surface area contributed by atoms with Crippen LogP contribution in [0.1, 0.15) is 57.0 Å². The molecule has 0 unspecified atom stereocenters. The molecule has 5 heteroatoms. The van der Waals surface area contributed by atoms with E-state index in [1.54, 1.807) is 0 Å². The number of carbonyl (C=O) groups is 1. The van der Waals surface area contributed by atoms with Gasteiger partial charge in [-0.2, -0.15) is 0 Å². The van der Waals surface area contributed by atoms with Crippen LogP contribution >= 0.6 is 11.3 Å². The van der Waals surface area contributed by atoms with Crippen molar-refractivity contribution in [2.24, 2.45) is 0 Å². The molecule has 0 aliphatic heterocycles. The average molecular weight is 395 g/mol. The molecule has 0 fully saturated rings. The van der Waals surface area contributed by atoms with Crippen LogP contribution in [0.15, 0.2) is 48.5 Å². The molecule has 0 spiro atoms. The summed E-state index contributed by atoms with van der Waals surface area (Å²) in [7, 11) is 0. The van der Waals surface area contributed by atoms with E-state index in [0.29, 0.717) is 11.5 Å². The summed E-state index contributed by atoms with van der Waals surface area (Å²) in [5.74, 6) is 0.715. The Bertz CT molecular complexity index is 947. The van der Waals surface area contributed by atoms with Crippen molar-refractivity contribution in [1.29, 1.82) is 0 Å². The van der Waals surface area contributed by atoms with Gasteiger partial charge in [0.05, 0.1) is 11.7 Å². The second-order valence-electron chi connectivity index (χ2n) is 6.92. The van der Waals surface area contributed by atoms with Gasteiger partial charge in [-0.3, -0.25) is 4.79 Å². The van der Waals surface area contributed by atoms with E-state index in [-0.39, 0.29) is 11.9 Å². The number of amides is 1. The normalized spacial score (nSPS) is 11.9. The number of nitrogens with one attached hydrogen (secondary N) is 1. The first kappa shape index (κ1) is 20.1. The number of thiazole rings is 1. The van der Waals surface area contributed by atoms with E-state index in [4.69, 9.17) is 4.74 Å². The Morgan fingerprint density at radius 1 is 1.18 bits per heavy atom. The first-order chi connectivity index (χ1) is 13.5. The van der Waals surface area contributed by atoms with E-state index in [1.165, 1.54) is 16.9 Å². The second kappa shape index (κ2) is 9.02. The molecule has 146 valence electrons. The summed E-state index contributed by atoms with van der Waals surface area (Å²) >= 11 is 1.39. The number of nitrogens with zero attached hydrogens (tertiary/aromatic N) is 1. The average Bonchev–Trinajstić information content (AvgIpc) is 3.07. The molecule has 0 saturated carbocycles. The Morgan fingerprint density at radius 2 is 1.93 bits per heavy atom. The maximum Gasteiger partial charge on any atom is 0.263 e. The Morgan fingerprint density at radius 3 is 2.61 bits per heavy atom. The van der Waals surface area contributed by atoms with Crippen LogP contribution < -0.4 is 10.1 Å². The minimum Gasteiger partial charge on any atom is -0.486 e. The van der Waals surface area contributed by atoms with Gasteiger partial charge < -0.3 is 10.1 Å². The molecule has 3 aromatic rings. The Balaban J connectivity index is 1.63. The highest BCUT2D eigenvalue weighted by Crippen LogP contribution is 2.22. The van der Waals surface area contributed by atoms with Crippen LogP contribution in [0.5, 0.6) is 5.75 Å². The number of rotatable bonds is 7. The topological polar surface area (TPSA) is 51.2 Å². The highest BCUT2D eigenvalue weighted by atomic mass is 32.1. The monoisotopic (exact) mass is 394 g/mol. The lowest BCUT2D eigenvalue weighted by atomic mass is 10.0. The van der Waals surface area contributed by atoms with Crippen molar-refractivity contribution in [3.8, 4) is 5.75 Å². The Labute approximate surface area is 170 Å². The van der Waals surface area contributed by atoms with E-state index in [0.717, 1.165) is 34.0 Å².